The first kappa shape index (κ1) is 21.5. The van der Waals surface area contributed by atoms with Gasteiger partial charge in [0.1, 0.15) is 34.6 Å². The van der Waals surface area contributed by atoms with Gasteiger partial charge in [0.2, 0.25) is 0 Å². The zero-order valence-corrected chi connectivity index (χ0v) is 18.2. The number of aryl methyl sites for hydroxylation is 1. The largest absolute Gasteiger partial charge is 0.497 e. The van der Waals surface area contributed by atoms with E-state index in [0.29, 0.717) is 35.1 Å². The van der Waals surface area contributed by atoms with Gasteiger partial charge in [-0.1, -0.05) is 18.2 Å². The molecular weight excluding hydrogens is 410 g/mol. The predicted octanol–water partition coefficient (Wildman–Crippen LogP) is 3.70. The first-order valence-electron chi connectivity index (χ1n) is 10.2. The van der Waals surface area contributed by atoms with E-state index in [1.807, 2.05) is 36.4 Å². The number of furan rings is 1. The number of ether oxygens (including phenoxy) is 2. The highest BCUT2D eigenvalue weighted by Crippen LogP contribution is 2.33. The average molecular weight is 435 g/mol. The van der Waals surface area contributed by atoms with Crippen LogP contribution in [0.15, 0.2) is 59.0 Å². The summed E-state index contributed by atoms with van der Waals surface area (Å²) in [6.45, 7) is 0.278. The van der Waals surface area contributed by atoms with E-state index in [0.717, 1.165) is 16.5 Å². The summed E-state index contributed by atoms with van der Waals surface area (Å²) in [5, 5.41) is 18.7. The fourth-order valence-corrected chi connectivity index (χ4v) is 3.55. The van der Waals surface area contributed by atoms with Gasteiger partial charge in [0.15, 0.2) is 0 Å². The molecule has 8 heteroatoms. The third kappa shape index (κ3) is 4.31. The van der Waals surface area contributed by atoms with Crippen LogP contribution < -0.4 is 14.8 Å². The molecule has 32 heavy (non-hydrogen) atoms. The molecule has 0 saturated heterocycles. The molecule has 2 heterocycles. The molecule has 2 N–H and O–H groups in total. The average Bonchev–Trinajstić information content (AvgIpc) is 3.42. The van der Waals surface area contributed by atoms with E-state index in [1.54, 1.807) is 39.5 Å². The number of carbonyl (C=O) groups excluding carboxylic acids is 1. The number of hydrogen-bond donors (Lipinski definition) is 2. The van der Waals surface area contributed by atoms with Crippen molar-refractivity contribution in [2.24, 2.45) is 7.05 Å². The smallest absolute Gasteiger partial charge is 0.269 e. The van der Waals surface area contributed by atoms with Gasteiger partial charge in [-0.15, -0.1) is 0 Å². The summed E-state index contributed by atoms with van der Waals surface area (Å²) < 4.78 is 17.9. The van der Waals surface area contributed by atoms with Crippen molar-refractivity contribution < 1.29 is 23.8 Å². The predicted molar refractivity (Wildman–Crippen MR) is 120 cm³/mol. The molecule has 4 rings (SSSR count). The van der Waals surface area contributed by atoms with Crippen molar-refractivity contribution in [3.63, 3.8) is 0 Å². The molecule has 0 spiro atoms. The summed E-state index contributed by atoms with van der Waals surface area (Å²) in [5.74, 6) is 1.49. The monoisotopic (exact) mass is 435 g/mol. The van der Waals surface area contributed by atoms with Crippen LogP contribution in [0.5, 0.6) is 11.5 Å². The molecule has 2 aromatic heterocycles. The Balaban J connectivity index is 1.42. The van der Waals surface area contributed by atoms with Crippen LogP contribution in [0.25, 0.3) is 22.2 Å². The van der Waals surface area contributed by atoms with Crippen LogP contribution in [0, 0.1) is 0 Å². The van der Waals surface area contributed by atoms with Crippen molar-refractivity contribution in [1.82, 2.24) is 15.1 Å². The molecule has 0 aliphatic heterocycles. The second kappa shape index (κ2) is 9.15. The van der Waals surface area contributed by atoms with Crippen LogP contribution >= 0.6 is 0 Å². The number of aliphatic hydroxyl groups excluding tert-OH is 1. The number of hydrogen-bond acceptors (Lipinski definition) is 6. The quantitative estimate of drug-likeness (QED) is 0.438. The first-order chi connectivity index (χ1) is 15.5. The Kier molecular flexibility index (Phi) is 6.13. The standard InChI is InChI=1S/C24H25N3O5/c1-27-19(14-18(26-27)17-13-16(30-2)8-9-22(17)31-3)24(29)25-11-10-20(28)23-12-15-6-4-5-7-21(15)32-23/h4-9,12-14,20,28H,10-11H2,1-3H3,(H,25,29)/t20-/m0/s1. The Morgan fingerprint density at radius 2 is 1.97 bits per heavy atom. The van der Waals surface area contributed by atoms with E-state index in [2.05, 4.69) is 10.4 Å². The number of para-hydroxylation sites is 1. The van der Waals surface area contributed by atoms with E-state index >= 15 is 0 Å². The van der Waals surface area contributed by atoms with Gasteiger partial charge in [0, 0.05) is 24.5 Å². The van der Waals surface area contributed by atoms with E-state index in [9.17, 15) is 9.90 Å². The molecular formula is C24H25N3O5. The second-order valence-electron chi connectivity index (χ2n) is 7.35. The molecule has 1 amide bonds. The number of methoxy groups -OCH3 is 2. The fraction of sp³-hybridized carbons (Fsp3) is 0.250. The van der Waals surface area contributed by atoms with Gasteiger partial charge in [-0.2, -0.15) is 5.10 Å². The molecule has 166 valence electrons. The zero-order valence-electron chi connectivity index (χ0n) is 18.2. The normalized spacial score (nSPS) is 12.0. The molecule has 0 saturated carbocycles. The molecule has 4 aromatic rings. The van der Waals surface area contributed by atoms with Crippen molar-refractivity contribution in [2.75, 3.05) is 20.8 Å². The van der Waals surface area contributed by atoms with Gasteiger partial charge in [0.05, 0.1) is 19.9 Å². The molecule has 0 radical (unpaired) electrons. The Morgan fingerprint density at radius 3 is 2.72 bits per heavy atom. The minimum absolute atomic E-state index is 0.278. The van der Waals surface area contributed by atoms with Gasteiger partial charge < -0.3 is 24.3 Å². The van der Waals surface area contributed by atoms with Crippen molar-refractivity contribution >= 4 is 16.9 Å². The third-order valence-corrected chi connectivity index (χ3v) is 5.27. The van der Waals surface area contributed by atoms with Crippen molar-refractivity contribution in [1.29, 1.82) is 0 Å². The maximum Gasteiger partial charge on any atom is 0.269 e. The lowest BCUT2D eigenvalue weighted by atomic mass is 10.1. The Hall–Kier alpha value is -3.78. The number of nitrogens with zero attached hydrogens (tertiary/aromatic N) is 2. The van der Waals surface area contributed by atoms with Gasteiger partial charge >= 0.3 is 0 Å². The van der Waals surface area contributed by atoms with Crippen molar-refractivity contribution in [3.05, 3.63) is 66.1 Å². The number of nitrogens with one attached hydrogen (secondary N) is 1. The fourth-order valence-electron chi connectivity index (χ4n) is 3.55. The summed E-state index contributed by atoms with van der Waals surface area (Å²) in [7, 11) is 4.87. The third-order valence-electron chi connectivity index (χ3n) is 5.27. The molecule has 1 atom stereocenters. The highest BCUT2D eigenvalue weighted by molar-refractivity contribution is 5.94. The number of carbonyl (C=O) groups is 1. The van der Waals surface area contributed by atoms with Crippen LogP contribution in [0.2, 0.25) is 0 Å². The molecule has 0 aliphatic rings. The number of fused-ring (bicyclic) bond motifs is 1. The lowest BCUT2D eigenvalue weighted by Gasteiger charge is -2.09. The lowest BCUT2D eigenvalue weighted by molar-refractivity contribution is 0.0927. The van der Waals surface area contributed by atoms with Crippen LogP contribution in [0.4, 0.5) is 0 Å². The first-order valence-corrected chi connectivity index (χ1v) is 10.2. The molecule has 0 unspecified atom stereocenters. The molecule has 0 fully saturated rings. The van der Waals surface area contributed by atoms with E-state index in [4.69, 9.17) is 13.9 Å². The number of rotatable bonds is 8. The van der Waals surface area contributed by atoms with Crippen LogP contribution in [0.1, 0.15) is 28.8 Å². The van der Waals surface area contributed by atoms with Crippen LogP contribution in [0.3, 0.4) is 0 Å². The maximum atomic E-state index is 12.7. The number of amides is 1. The minimum atomic E-state index is -0.814. The molecule has 2 aromatic carbocycles. The molecule has 8 nitrogen and oxygen atoms in total. The van der Waals surface area contributed by atoms with Crippen LogP contribution in [-0.4, -0.2) is 41.6 Å². The van der Waals surface area contributed by atoms with Gasteiger partial charge in [0.25, 0.3) is 5.91 Å². The summed E-state index contributed by atoms with van der Waals surface area (Å²) in [6.07, 6.45) is -0.495. The zero-order chi connectivity index (χ0) is 22.7. The van der Waals surface area contributed by atoms with Crippen molar-refractivity contribution in [2.45, 2.75) is 12.5 Å². The summed E-state index contributed by atoms with van der Waals surface area (Å²) in [6, 6.07) is 16.5. The molecule has 0 bridgehead atoms. The van der Waals surface area contributed by atoms with Gasteiger partial charge in [-0.3, -0.25) is 9.48 Å². The highest BCUT2D eigenvalue weighted by Gasteiger charge is 2.18. The van der Waals surface area contributed by atoms with E-state index in [-0.39, 0.29) is 12.5 Å². The Bertz CT molecular complexity index is 1210. The van der Waals surface area contributed by atoms with E-state index in [1.165, 1.54) is 4.68 Å². The Labute approximate surface area is 185 Å². The number of aliphatic hydroxyl groups is 1. The Morgan fingerprint density at radius 1 is 1.16 bits per heavy atom. The number of benzene rings is 2. The maximum absolute atomic E-state index is 12.7. The summed E-state index contributed by atoms with van der Waals surface area (Å²) in [5.41, 5.74) is 2.43. The van der Waals surface area contributed by atoms with Crippen molar-refractivity contribution in [3.8, 4) is 22.8 Å². The highest BCUT2D eigenvalue weighted by atomic mass is 16.5. The number of aromatic nitrogens is 2. The summed E-state index contributed by atoms with van der Waals surface area (Å²) >= 11 is 0. The van der Waals surface area contributed by atoms with E-state index < -0.39 is 6.10 Å². The van der Waals surface area contributed by atoms with Crippen LogP contribution in [-0.2, 0) is 7.05 Å². The summed E-state index contributed by atoms with van der Waals surface area (Å²) in [4.78, 5) is 12.7. The SMILES string of the molecule is COc1ccc(OC)c(-c2cc(C(=O)NCC[C@H](O)c3cc4ccccc4o3)n(C)n2)c1. The second-order valence-corrected chi connectivity index (χ2v) is 7.35. The topological polar surface area (TPSA) is 98.8 Å². The van der Waals surface area contributed by atoms with Gasteiger partial charge in [-0.05, 0) is 42.8 Å². The minimum Gasteiger partial charge on any atom is -0.497 e. The molecule has 0 aliphatic carbocycles. The van der Waals surface area contributed by atoms with Gasteiger partial charge in [-0.25, -0.2) is 0 Å². The lowest BCUT2D eigenvalue weighted by Crippen LogP contribution is -2.27.